The Hall–Kier alpha value is -8.02. The summed E-state index contributed by atoms with van der Waals surface area (Å²) < 4.78 is 4.64. The predicted octanol–water partition coefficient (Wildman–Crippen LogP) is 13.7. The van der Waals surface area contributed by atoms with Crippen molar-refractivity contribution in [3.63, 3.8) is 0 Å². The van der Waals surface area contributed by atoms with E-state index in [2.05, 4.69) is 214 Å². The van der Waals surface area contributed by atoms with Crippen LogP contribution in [0.3, 0.4) is 0 Å². The van der Waals surface area contributed by atoms with Crippen molar-refractivity contribution in [3.05, 3.63) is 218 Å². The number of H-pyrrole nitrogens is 1. The van der Waals surface area contributed by atoms with Crippen molar-refractivity contribution in [3.8, 4) is 45.1 Å². The number of nitrogens with one attached hydrogen (secondary N) is 1. The molecular formula is C55H37N5. The first-order valence-corrected chi connectivity index (χ1v) is 20.5. The summed E-state index contributed by atoms with van der Waals surface area (Å²) in [4.78, 5) is 14.3. The molecule has 60 heavy (non-hydrogen) atoms. The fraction of sp³-hybridized carbons (Fsp3) is 0.0182. The fourth-order valence-electron chi connectivity index (χ4n) is 9.19. The molecule has 8 aromatic carbocycles. The maximum atomic E-state index is 5.58. The van der Waals surface area contributed by atoms with Crippen LogP contribution >= 0.6 is 0 Å². The van der Waals surface area contributed by atoms with Crippen molar-refractivity contribution in [1.82, 2.24) is 24.1 Å². The zero-order valence-electron chi connectivity index (χ0n) is 32.6. The Labute approximate surface area is 346 Å². The van der Waals surface area contributed by atoms with Crippen LogP contribution in [0.2, 0.25) is 0 Å². The quantitative estimate of drug-likeness (QED) is 0.176. The number of pyridine rings is 1. The zero-order chi connectivity index (χ0) is 39.6. The number of nitrogens with zero attached hydrogens (tertiary/aromatic N) is 4. The van der Waals surface area contributed by atoms with Gasteiger partial charge in [0.15, 0.2) is 0 Å². The first-order valence-electron chi connectivity index (χ1n) is 20.5. The van der Waals surface area contributed by atoms with Crippen LogP contribution in [0.15, 0.2) is 206 Å². The third-order valence-corrected chi connectivity index (χ3v) is 12.0. The average Bonchev–Trinajstić information content (AvgIpc) is 3.99. The largest absolute Gasteiger partial charge is 0.354 e. The molecule has 5 nitrogen and oxygen atoms in total. The molecule has 12 aromatic rings. The number of aromatic amines is 1. The summed E-state index contributed by atoms with van der Waals surface area (Å²) in [5.74, 6) is 1.77. The molecule has 0 aliphatic heterocycles. The second kappa shape index (κ2) is 13.8. The summed E-state index contributed by atoms with van der Waals surface area (Å²) in [6.45, 7) is 0. The van der Waals surface area contributed by atoms with Gasteiger partial charge in [0.2, 0.25) is 0 Å². The molecule has 1 N–H and O–H groups in total. The molecule has 282 valence electrons. The molecule has 4 heterocycles. The van der Waals surface area contributed by atoms with Gasteiger partial charge >= 0.3 is 0 Å². The SMILES string of the molecule is c1ccc(Cc2ccc3c(c2)c2ccc(-c4cccc5c4nc(-c4cccc6c4[nH]c4ccccc46)n5-c4ccccc4)cc2n3-c2cc(-c3ccccc3)ccn2)cc1. The van der Waals surface area contributed by atoms with Crippen LogP contribution in [0.4, 0.5) is 0 Å². The van der Waals surface area contributed by atoms with Crippen LogP contribution in [-0.2, 0) is 6.42 Å². The van der Waals surface area contributed by atoms with E-state index in [0.29, 0.717) is 0 Å². The lowest BCUT2D eigenvalue weighted by Gasteiger charge is -2.11. The lowest BCUT2D eigenvalue weighted by atomic mass is 10.0. The Morgan fingerprint density at radius 1 is 0.433 bits per heavy atom. The van der Waals surface area contributed by atoms with Crippen molar-refractivity contribution in [2.75, 3.05) is 0 Å². The topological polar surface area (TPSA) is 51.4 Å². The second-order valence-electron chi connectivity index (χ2n) is 15.5. The van der Waals surface area contributed by atoms with E-state index < -0.39 is 0 Å². The summed E-state index contributed by atoms with van der Waals surface area (Å²) in [5.41, 5.74) is 15.5. The molecule has 12 rings (SSSR count). The first kappa shape index (κ1) is 34.1. The molecular weight excluding hydrogens is 731 g/mol. The molecule has 4 aromatic heterocycles. The van der Waals surface area contributed by atoms with Gasteiger partial charge in [0.05, 0.1) is 27.6 Å². The van der Waals surface area contributed by atoms with Crippen LogP contribution < -0.4 is 0 Å². The van der Waals surface area contributed by atoms with E-state index in [1.165, 1.54) is 32.7 Å². The van der Waals surface area contributed by atoms with Crippen LogP contribution in [0.1, 0.15) is 11.1 Å². The van der Waals surface area contributed by atoms with Gasteiger partial charge in [-0.3, -0.25) is 9.13 Å². The van der Waals surface area contributed by atoms with Crippen molar-refractivity contribution >= 4 is 54.6 Å². The third kappa shape index (κ3) is 5.55. The molecule has 0 amide bonds. The van der Waals surface area contributed by atoms with Gasteiger partial charge in [-0.25, -0.2) is 9.97 Å². The molecule has 0 saturated carbocycles. The Morgan fingerprint density at radius 2 is 1.18 bits per heavy atom. The van der Waals surface area contributed by atoms with Gasteiger partial charge in [-0.2, -0.15) is 0 Å². The molecule has 5 heteroatoms. The lowest BCUT2D eigenvalue weighted by molar-refractivity contribution is 1.08. The number of benzene rings is 8. The summed E-state index contributed by atoms with van der Waals surface area (Å²) >= 11 is 0. The molecule has 0 saturated heterocycles. The Kier molecular flexibility index (Phi) is 7.85. The molecule has 0 unspecified atom stereocenters. The highest BCUT2D eigenvalue weighted by atomic mass is 15.1. The minimum atomic E-state index is 0.865. The first-order chi connectivity index (χ1) is 29.7. The number of hydrogen-bond acceptors (Lipinski definition) is 2. The maximum absolute atomic E-state index is 5.58. The van der Waals surface area contributed by atoms with Gasteiger partial charge < -0.3 is 4.98 Å². The highest BCUT2D eigenvalue weighted by molar-refractivity contribution is 6.13. The standard InChI is InChI=1S/C55H37N5/c1-4-14-36(15-5-1)32-37-26-29-49-47(33-37)44-28-27-40(34-51(44)60(49)52-35-39(30-31-56-52)38-16-6-2-7-17-38)42-21-13-25-50-54(42)58-55(59(50)41-18-8-3-9-19-41)46-23-12-22-45-43-20-10-11-24-48(43)57-53(45)46/h1-31,33-35,57H,32H2. The number of aromatic nitrogens is 5. The summed E-state index contributed by atoms with van der Waals surface area (Å²) in [5, 5.41) is 4.78. The van der Waals surface area contributed by atoms with Gasteiger partial charge in [0.25, 0.3) is 0 Å². The number of hydrogen-bond donors (Lipinski definition) is 1. The van der Waals surface area contributed by atoms with Gasteiger partial charge in [0, 0.05) is 50.1 Å². The fourth-order valence-corrected chi connectivity index (χ4v) is 9.19. The monoisotopic (exact) mass is 767 g/mol. The highest BCUT2D eigenvalue weighted by Gasteiger charge is 2.22. The molecule has 0 fully saturated rings. The van der Waals surface area contributed by atoms with Gasteiger partial charge in [-0.15, -0.1) is 0 Å². The second-order valence-corrected chi connectivity index (χ2v) is 15.5. The van der Waals surface area contributed by atoms with Gasteiger partial charge in [0.1, 0.15) is 11.6 Å². The molecule has 0 aliphatic rings. The van der Waals surface area contributed by atoms with E-state index >= 15 is 0 Å². The minimum absolute atomic E-state index is 0.865. The van der Waals surface area contributed by atoms with Crippen LogP contribution in [0.5, 0.6) is 0 Å². The number of para-hydroxylation sites is 4. The van der Waals surface area contributed by atoms with Crippen molar-refractivity contribution < 1.29 is 0 Å². The maximum Gasteiger partial charge on any atom is 0.147 e. The Balaban J connectivity index is 1.09. The van der Waals surface area contributed by atoms with Crippen LogP contribution in [0, 0.1) is 0 Å². The van der Waals surface area contributed by atoms with Crippen LogP contribution in [0.25, 0.3) is 99.8 Å². The third-order valence-electron chi connectivity index (χ3n) is 12.0. The summed E-state index contributed by atoms with van der Waals surface area (Å²) in [7, 11) is 0. The van der Waals surface area contributed by atoms with Crippen molar-refractivity contribution in [2.24, 2.45) is 0 Å². The predicted molar refractivity (Wildman–Crippen MR) is 248 cm³/mol. The lowest BCUT2D eigenvalue weighted by Crippen LogP contribution is -1.98. The minimum Gasteiger partial charge on any atom is -0.354 e. The average molecular weight is 768 g/mol. The van der Waals surface area contributed by atoms with E-state index in [1.807, 2.05) is 6.20 Å². The van der Waals surface area contributed by atoms with Crippen molar-refractivity contribution in [2.45, 2.75) is 6.42 Å². The highest BCUT2D eigenvalue weighted by Crippen LogP contribution is 2.41. The van der Waals surface area contributed by atoms with Gasteiger partial charge in [-0.05, 0) is 94.9 Å². The Bertz CT molecular complexity index is 3560. The molecule has 0 spiro atoms. The van der Waals surface area contributed by atoms with Crippen molar-refractivity contribution in [1.29, 1.82) is 0 Å². The van der Waals surface area contributed by atoms with E-state index in [-0.39, 0.29) is 0 Å². The zero-order valence-corrected chi connectivity index (χ0v) is 32.6. The van der Waals surface area contributed by atoms with Gasteiger partial charge in [-0.1, -0.05) is 140 Å². The van der Waals surface area contributed by atoms with Crippen LogP contribution in [-0.4, -0.2) is 24.1 Å². The van der Waals surface area contributed by atoms with E-state index in [0.717, 1.165) is 84.7 Å². The summed E-state index contributed by atoms with van der Waals surface area (Å²) in [6, 6.07) is 71.5. The smallest absolute Gasteiger partial charge is 0.147 e. The molecule has 0 radical (unpaired) electrons. The van der Waals surface area contributed by atoms with E-state index in [9.17, 15) is 0 Å². The number of imidazole rings is 1. The normalized spacial score (nSPS) is 11.7. The molecule has 0 bridgehead atoms. The molecule has 0 atom stereocenters. The number of fused-ring (bicyclic) bond motifs is 7. The van der Waals surface area contributed by atoms with E-state index in [4.69, 9.17) is 9.97 Å². The summed E-state index contributed by atoms with van der Waals surface area (Å²) in [6.07, 6.45) is 2.79. The van der Waals surface area contributed by atoms with E-state index in [1.54, 1.807) is 0 Å². The number of rotatable bonds is 7. The Morgan fingerprint density at radius 3 is 2.05 bits per heavy atom. The molecule has 0 aliphatic carbocycles.